The maximum Gasteiger partial charge on any atom is 0.478 e. The molecule has 13 nitrogen and oxygen atoms in total. The van der Waals surface area contributed by atoms with E-state index >= 15 is 0 Å². The van der Waals surface area contributed by atoms with Gasteiger partial charge < -0.3 is 14.5 Å². The number of nitrogens with zero attached hydrogens (tertiary/aromatic N) is 2. The molecule has 0 aliphatic heterocycles. The molecule has 1 fully saturated rings. The van der Waals surface area contributed by atoms with E-state index in [9.17, 15) is 22.6 Å². The molecule has 2 heterocycles. The van der Waals surface area contributed by atoms with E-state index in [2.05, 4.69) is 5.32 Å². The van der Waals surface area contributed by atoms with Gasteiger partial charge in [-0.05, 0) is 61.3 Å². The van der Waals surface area contributed by atoms with Crippen LogP contribution in [0.4, 0.5) is 5.82 Å². The SMILES string of the molecule is CNC(=O)c1c(-c2ccc(C)cc2)oc2nc(N(CCC[C@H](C)C(=O)OCOP(=O)(OCc3ccccc3)OCc3ccccc3)S(C)(=O)=O)c(C3CC3)cc12. The smallest absolute Gasteiger partial charge is 0.438 e. The first kappa shape index (κ1) is 40.8. The van der Waals surface area contributed by atoms with Gasteiger partial charge in [-0.25, -0.2) is 17.5 Å². The molecule has 2 aromatic heterocycles. The predicted octanol–water partition coefficient (Wildman–Crippen LogP) is 8.28. The Hall–Kier alpha value is -4.85. The number of aryl methyl sites for hydroxylation is 1. The number of aromatic nitrogens is 1. The summed E-state index contributed by atoms with van der Waals surface area (Å²) in [4.78, 5) is 31.0. The van der Waals surface area contributed by atoms with Crippen molar-refractivity contribution in [3.63, 3.8) is 0 Å². The summed E-state index contributed by atoms with van der Waals surface area (Å²) in [6, 6.07) is 27.6. The monoisotopic (exact) mass is 803 g/mol. The fourth-order valence-corrected chi connectivity index (χ4v) is 8.07. The molecule has 1 saturated carbocycles. The van der Waals surface area contributed by atoms with E-state index in [1.807, 2.05) is 73.7 Å². The van der Waals surface area contributed by atoms with Crippen molar-refractivity contribution in [1.29, 1.82) is 0 Å². The molecule has 1 atom stereocenters. The number of carbonyl (C=O) groups is 2. The van der Waals surface area contributed by atoms with Crippen LogP contribution in [0.3, 0.4) is 0 Å². The highest BCUT2D eigenvalue weighted by Gasteiger charge is 2.35. The fraction of sp³-hybridized carbons (Fsp3) is 0.341. The number of hydrogen-bond donors (Lipinski definition) is 1. The lowest BCUT2D eigenvalue weighted by molar-refractivity contribution is -0.156. The summed E-state index contributed by atoms with van der Waals surface area (Å²) in [6.45, 7) is 2.85. The number of fused-ring (bicyclic) bond motifs is 1. The number of esters is 1. The zero-order valence-electron chi connectivity index (χ0n) is 31.8. The summed E-state index contributed by atoms with van der Waals surface area (Å²) in [6.07, 6.45) is 3.35. The number of amides is 1. The predicted molar refractivity (Wildman–Crippen MR) is 212 cm³/mol. The van der Waals surface area contributed by atoms with Gasteiger partial charge in [0.25, 0.3) is 5.91 Å². The first-order valence-corrected chi connectivity index (χ1v) is 21.7. The van der Waals surface area contributed by atoms with Crippen molar-refractivity contribution in [3.8, 4) is 11.3 Å². The van der Waals surface area contributed by atoms with Gasteiger partial charge in [0, 0.05) is 19.2 Å². The van der Waals surface area contributed by atoms with Crippen LogP contribution in [0, 0.1) is 12.8 Å². The van der Waals surface area contributed by atoms with Gasteiger partial charge in [-0.3, -0.25) is 22.9 Å². The standard InChI is InChI=1S/C41H46N3O10PS/c1-28-17-19-33(20-18-28)37-36(39(45)42-3)35-24-34(32-21-22-32)38(43-40(35)54-37)44(56(4,48)49)23-11-12-29(2)41(46)50-27-53-55(47,51-25-30-13-7-5-8-14-30)52-26-31-15-9-6-10-16-31/h5-10,13-20,24,29,32H,11-12,21-23,25-27H2,1-4H3,(H,42,45)/t29-/m0/s1. The third-order valence-corrected chi connectivity index (χ3v) is 11.9. The van der Waals surface area contributed by atoms with E-state index in [1.165, 1.54) is 4.31 Å². The van der Waals surface area contributed by atoms with Crippen LogP contribution in [0.1, 0.15) is 71.1 Å². The first-order chi connectivity index (χ1) is 26.8. The number of rotatable bonds is 19. The topological polar surface area (TPSA) is 164 Å². The van der Waals surface area contributed by atoms with Crippen LogP contribution in [0.5, 0.6) is 0 Å². The number of phosphoric ester groups is 1. The Morgan fingerprint density at radius 2 is 1.55 bits per heavy atom. The number of benzene rings is 3. The van der Waals surface area contributed by atoms with Crippen LogP contribution in [0.2, 0.25) is 0 Å². The van der Waals surface area contributed by atoms with Crippen LogP contribution in [-0.2, 0) is 50.9 Å². The van der Waals surface area contributed by atoms with Crippen molar-refractivity contribution < 1.29 is 45.3 Å². The largest absolute Gasteiger partial charge is 0.478 e. The van der Waals surface area contributed by atoms with E-state index in [-0.39, 0.29) is 56.0 Å². The molecular weight excluding hydrogens is 758 g/mol. The number of nitrogens with one attached hydrogen (secondary N) is 1. The molecule has 0 saturated heterocycles. The summed E-state index contributed by atoms with van der Waals surface area (Å²) in [5, 5.41) is 3.19. The average molecular weight is 804 g/mol. The second kappa shape index (κ2) is 18.0. The van der Waals surface area contributed by atoms with Crippen LogP contribution in [0.15, 0.2) is 95.4 Å². The van der Waals surface area contributed by atoms with Gasteiger partial charge in [0.05, 0.1) is 36.3 Å². The molecule has 56 heavy (non-hydrogen) atoms. The van der Waals surface area contributed by atoms with E-state index in [1.54, 1.807) is 38.2 Å². The molecule has 1 aliphatic carbocycles. The minimum absolute atomic E-state index is 0.0227. The van der Waals surface area contributed by atoms with Gasteiger partial charge in [0.1, 0.15) is 11.6 Å². The highest BCUT2D eigenvalue weighted by molar-refractivity contribution is 7.92. The number of hydrogen-bond acceptors (Lipinski definition) is 11. The van der Waals surface area contributed by atoms with E-state index in [4.69, 9.17) is 27.7 Å². The number of furan rings is 1. The molecule has 296 valence electrons. The molecule has 15 heteroatoms. The minimum atomic E-state index is -4.17. The minimum Gasteiger partial charge on any atom is -0.438 e. The Morgan fingerprint density at radius 3 is 2.11 bits per heavy atom. The lowest BCUT2D eigenvalue weighted by Crippen LogP contribution is -2.33. The maximum atomic E-state index is 13.5. The zero-order valence-corrected chi connectivity index (χ0v) is 33.5. The molecular formula is C41H46N3O10PS. The Labute approximate surface area is 327 Å². The molecule has 0 radical (unpaired) electrons. The molecule has 1 amide bonds. The van der Waals surface area contributed by atoms with Crippen molar-refractivity contribution >= 4 is 46.6 Å². The van der Waals surface area contributed by atoms with E-state index < -0.39 is 36.5 Å². The highest BCUT2D eigenvalue weighted by atomic mass is 32.2. The molecule has 0 bridgehead atoms. The third kappa shape index (κ3) is 10.3. The second-order valence-electron chi connectivity index (χ2n) is 13.8. The third-order valence-electron chi connectivity index (χ3n) is 9.39. The summed E-state index contributed by atoms with van der Waals surface area (Å²) in [7, 11) is -6.46. The van der Waals surface area contributed by atoms with Crippen molar-refractivity contribution in [2.24, 2.45) is 5.92 Å². The van der Waals surface area contributed by atoms with Crippen LogP contribution in [0.25, 0.3) is 22.4 Å². The molecule has 1 N–H and O–H groups in total. The Morgan fingerprint density at radius 1 is 0.946 bits per heavy atom. The molecule has 6 rings (SSSR count). The number of sulfonamides is 1. The van der Waals surface area contributed by atoms with Crippen LogP contribution < -0.4 is 9.62 Å². The number of phosphoric acid groups is 1. The van der Waals surface area contributed by atoms with Crippen molar-refractivity contribution in [1.82, 2.24) is 10.3 Å². The van der Waals surface area contributed by atoms with Gasteiger partial charge in [0.2, 0.25) is 22.5 Å². The second-order valence-corrected chi connectivity index (χ2v) is 17.4. The maximum absolute atomic E-state index is 13.5. The van der Waals surface area contributed by atoms with Gasteiger partial charge in [0.15, 0.2) is 0 Å². The quantitative estimate of drug-likeness (QED) is 0.0485. The average Bonchev–Trinajstić information content (AvgIpc) is 3.98. The molecule has 5 aromatic rings. The fourth-order valence-electron chi connectivity index (χ4n) is 6.13. The summed E-state index contributed by atoms with van der Waals surface area (Å²) in [5.74, 6) is -0.989. The van der Waals surface area contributed by atoms with Crippen molar-refractivity contribution in [2.75, 3.05) is 30.9 Å². The molecule has 0 spiro atoms. The highest BCUT2D eigenvalue weighted by Crippen LogP contribution is 2.51. The van der Waals surface area contributed by atoms with Gasteiger partial charge in [-0.1, -0.05) is 97.4 Å². The lowest BCUT2D eigenvalue weighted by Gasteiger charge is -2.24. The summed E-state index contributed by atoms with van der Waals surface area (Å²) < 4.78 is 69.5. The normalized spacial score (nSPS) is 13.7. The van der Waals surface area contributed by atoms with Gasteiger partial charge in [-0.15, -0.1) is 0 Å². The summed E-state index contributed by atoms with van der Waals surface area (Å²) >= 11 is 0. The number of anilines is 1. The number of pyridine rings is 1. The zero-order chi connectivity index (χ0) is 39.9. The van der Waals surface area contributed by atoms with Crippen LogP contribution in [-0.4, -0.2) is 51.9 Å². The molecule has 1 aliphatic rings. The molecule has 0 unspecified atom stereocenters. The van der Waals surface area contributed by atoms with Gasteiger partial charge in [-0.2, -0.15) is 4.98 Å². The lowest BCUT2D eigenvalue weighted by atomic mass is 10.0. The van der Waals surface area contributed by atoms with Crippen molar-refractivity contribution in [2.45, 2.75) is 58.7 Å². The summed E-state index contributed by atoms with van der Waals surface area (Å²) in [5.41, 5.74) is 4.41. The Kier molecular flexibility index (Phi) is 13.1. The Bertz CT molecular complexity index is 2250. The van der Waals surface area contributed by atoms with Crippen LogP contribution >= 0.6 is 7.82 Å². The first-order valence-electron chi connectivity index (χ1n) is 18.4. The molecule has 3 aromatic carbocycles. The number of ether oxygens (including phenoxy) is 1. The van der Waals surface area contributed by atoms with E-state index in [0.29, 0.717) is 27.8 Å². The number of carbonyl (C=O) groups excluding carboxylic acids is 2. The Balaban J connectivity index is 1.13. The van der Waals surface area contributed by atoms with E-state index in [0.717, 1.165) is 35.8 Å². The van der Waals surface area contributed by atoms with Crippen molar-refractivity contribution in [3.05, 3.63) is 119 Å². The van der Waals surface area contributed by atoms with Gasteiger partial charge >= 0.3 is 13.8 Å².